The highest BCUT2D eigenvalue weighted by Gasteiger charge is 2.44. The summed E-state index contributed by atoms with van der Waals surface area (Å²) in [4.78, 5) is 14.7. The maximum absolute atomic E-state index is 12.8. The standard InChI is InChI=1S/C21H23ClN2O2/c1-2-15-8-9-17(12-19(15)22)23-20(25)24-11-5-10-21(14-24)18-7-4-3-6-16(18)13-26-21/h3-4,6-9,12H,2,5,10-11,13-14H2,1H3,(H,23,25). The lowest BCUT2D eigenvalue weighted by molar-refractivity contribution is -0.0755. The highest BCUT2D eigenvalue weighted by Crippen LogP contribution is 2.42. The third-order valence-electron chi connectivity index (χ3n) is 5.44. The van der Waals surface area contributed by atoms with E-state index in [2.05, 4.69) is 24.4 Å². The fourth-order valence-electron chi connectivity index (χ4n) is 4.03. The largest absolute Gasteiger partial charge is 0.364 e. The molecule has 1 saturated heterocycles. The predicted molar refractivity (Wildman–Crippen MR) is 104 cm³/mol. The van der Waals surface area contributed by atoms with E-state index in [1.54, 1.807) is 0 Å². The number of urea groups is 1. The lowest BCUT2D eigenvalue weighted by Gasteiger charge is -2.40. The Morgan fingerprint density at radius 1 is 1.31 bits per heavy atom. The number of fused-ring (bicyclic) bond motifs is 2. The summed E-state index contributed by atoms with van der Waals surface area (Å²) in [6, 6.07) is 13.9. The van der Waals surface area contributed by atoms with Gasteiger partial charge in [-0.15, -0.1) is 0 Å². The Labute approximate surface area is 159 Å². The molecule has 2 aliphatic heterocycles. The highest BCUT2D eigenvalue weighted by atomic mass is 35.5. The molecule has 136 valence electrons. The van der Waals surface area contributed by atoms with Crippen molar-refractivity contribution in [1.82, 2.24) is 4.90 Å². The third kappa shape index (κ3) is 3.08. The molecule has 26 heavy (non-hydrogen) atoms. The molecule has 0 aromatic heterocycles. The number of halogens is 1. The van der Waals surface area contributed by atoms with Crippen LogP contribution in [0.3, 0.4) is 0 Å². The molecule has 2 aliphatic rings. The molecule has 4 rings (SSSR count). The first-order valence-corrected chi connectivity index (χ1v) is 9.56. The summed E-state index contributed by atoms with van der Waals surface area (Å²) in [6.07, 6.45) is 2.75. The molecule has 2 heterocycles. The van der Waals surface area contributed by atoms with Gasteiger partial charge in [-0.05, 0) is 48.1 Å². The van der Waals surface area contributed by atoms with Gasteiger partial charge in [0.15, 0.2) is 0 Å². The molecule has 1 N–H and O–H groups in total. The Hall–Kier alpha value is -2.04. The first-order valence-electron chi connectivity index (χ1n) is 9.18. The number of carbonyl (C=O) groups excluding carboxylic acids is 1. The van der Waals surface area contributed by atoms with Crippen molar-refractivity contribution >= 4 is 23.3 Å². The van der Waals surface area contributed by atoms with Crippen LogP contribution in [-0.4, -0.2) is 24.0 Å². The molecule has 1 fully saturated rings. The van der Waals surface area contributed by atoms with Crippen LogP contribution in [0.2, 0.25) is 5.02 Å². The molecule has 1 unspecified atom stereocenters. The van der Waals surface area contributed by atoms with E-state index in [0.717, 1.165) is 37.1 Å². The van der Waals surface area contributed by atoms with Gasteiger partial charge in [0.05, 0.1) is 13.2 Å². The number of anilines is 1. The van der Waals surface area contributed by atoms with Gasteiger partial charge in [-0.3, -0.25) is 0 Å². The lowest BCUT2D eigenvalue weighted by atomic mass is 9.85. The van der Waals surface area contributed by atoms with E-state index in [1.165, 1.54) is 11.1 Å². The summed E-state index contributed by atoms with van der Waals surface area (Å²) in [5.74, 6) is 0. The fourth-order valence-corrected chi connectivity index (χ4v) is 4.35. The molecule has 1 spiro atoms. The predicted octanol–water partition coefficient (Wildman–Crippen LogP) is 4.96. The second-order valence-electron chi connectivity index (χ2n) is 7.06. The molecule has 1 atom stereocenters. The number of likely N-dealkylation sites (tertiary alicyclic amines) is 1. The summed E-state index contributed by atoms with van der Waals surface area (Å²) in [7, 11) is 0. The van der Waals surface area contributed by atoms with Gasteiger partial charge >= 0.3 is 6.03 Å². The van der Waals surface area contributed by atoms with Crippen molar-refractivity contribution in [2.75, 3.05) is 18.4 Å². The minimum Gasteiger partial charge on any atom is -0.364 e. The summed E-state index contributed by atoms with van der Waals surface area (Å²) in [5, 5.41) is 3.67. The second-order valence-corrected chi connectivity index (χ2v) is 7.46. The Bertz CT molecular complexity index is 835. The van der Waals surface area contributed by atoms with Crippen molar-refractivity contribution in [2.45, 2.75) is 38.4 Å². The van der Waals surface area contributed by atoms with Gasteiger partial charge in [0.1, 0.15) is 5.60 Å². The maximum atomic E-state index is 12.8. The van der Waals surface area contributed by atoms with Crippen molar-refractivity contribution < 1.29 is 9.53 Å². The van der Waals surface area contributed by atoms with Gasteiger partial charge in [0.2, 0.25) is 0 Å². The smallest absolute Gasteiger partial charge is 0.321 e. The molecule has 0 aliphatic carbocycles. The van der Waals surface area contributed by atoms with Crippen molar-refractivity contribution in [3.63, 3.8) is 0 Å². The average molecular weight is 371 g/mol. The molecule has 0 bridgehead atoms. The van der Waals surface area contributed by atoms with E-state index in [9.17, 15) is 4.79 Å². The zero-order valence-electron chi connectivity index (χ0n) is 14.9. The van der Waals surface area contributed by atoms with Crippen LogP contribution in [0.15, 0.2) is 42.5 Å². The molecule has 2 amide bonds. The van der Waals surface area contributed by atoms with E-state index in [1.807, 2.05) is 35.2 Å². The monoisotopic (exact) mass is 370 g/mol. The van der Waals surface area contributed by atoms with Crippen LogP contribution in [0.25, 0.3) is 0 Å². The zero-order valence-corrected chi connectivity index (χ0v) is 15.7. The quantitative estimate of drug-likeness (QED) is 0.812. The van der Waals surface area contributed by atoms with Crippen LogP contribution in [0.4, 0.5) is 10.5 Å². The van der Waals surface area contributed by atoms with Gasteiger partial charge in [0, 0.05) is 17.3 Å². The number of ether oxygens (including phenoxy) is 1. The van der Waals surface area contributed by atoms with Gasteiger partial charge in [-0.2, -0.15) is 0 Å². The fraction of sp³-hybridized carbons (Fsp3) is 0.381. The van der Waals surface area contributed by atoms with Crippen molar-refractivity contribution in [3.8, 4) is 0 Å². The number of hydrogen-bond donors (Lipinski definition) is 1. The van der Waals surface area contributed by atoms with Crippen LogP contribution in [0.5, 0.6) is 0 Å². The van der Waals surface area contributed by atoms with Crippen LogP contribution in [0, 0.1) is 0 Å². The highest BCUT2D eigenvalue weighted by molar-refractivity contribution is 6.31. The summed E-state index contributed by atoms with van der Waals surface area (Å²) in [5.41, 5.74) is 3.90. The summed E-state index contributed by atoms with van der Waals surface area (Å²) < 4.78 is 6.19. The van der Waals surface area contributed by atoms with Crippen LogP contribution in [-0.2, 0) is 23.4 Å². The number of nitrogens with zero attached hydrogens (tertiary/aromatic N) is 1. The molecule has 0 saturated carbocycles. The first-order chi connectivity index (χ1) is 12.6. The number of piperidine rings is 1. The first kappa shape index (κ1) is 17.4. The van der Waals surface area contributed by atoms with Gasteiger partial charge in [-0.25, -0.2) is 4.79 Å². The lowest BCUT2D eigenvalue weighted by Crippen LogP contribution is -2.49. The Kier molecular flexibility index (Phi) is 4.63. The second kappa shape index (κ2) is 6.93. The van der Waals surface area contributed by atoms with Gasteiger partial charge in [-0.1, -0.05) is 48.9 Å². The molecule has 5 heteroatoms. The van der Waals surface area contributed by atoms with E-state index < -0.39 is 0 Å². The number of aryl methyl sites for hydroxylation is 1. The maximum Gasteiger partial charge on any atom is 0.321 e. The number of amides is 2. The number of rotatable bonds is 2. The minimum absolute atomic E-state index is 0.0997. The average Bonchev–Trinajstić information content (AvgIpc) is 3.00. The van der Waals surface area contributed by atoms with Gasteiger partial charge < -0.3 is 15.0 Å². The van der Waals surface area contributed by atoms with Crippen molar-refractivity contribution in [1.29, 1.82) is 0 Å². The van der Waals surface area contributed by atoms with Crippen molar-refractivity contribution in [2.24, 2.45) is 0 Å². The number of carbonyl (C=O) groups is 1. The Morgan fingerprint density at radius 2 is 2.15 bits per heavy atom. The molecular weight excluding hydrogens is 348 g/mol. The third-order valence-corrected chi connectivity index (χ3v) is 5.79. The summed E-state index contributed by atoms with van der Waals surface area (Å²) in [6.45, 7) is 4.00. The number of nitrogens with one attached hydrogen (secondary N) is 1. The van der Waals surface area contributed by atoms with Crippen LogP contribution in [0.1, 0.15) is 36.5 Å². The molecule has 2 aromatic rings. The Balaban J connectivity index is 1.50. The molecule has 2 aromatic carbocycles. The minimum atomic E-state index is -0.365. The Morgan fingerprint density at radius 3 is 2.96 bits per heavy atom. The van der Waals surface area contributed by atoms with E-state index in [-0.39, 0.29) is 11.6 Å². The van der Waals surface area contributed by atoms with E-state index in [0.29, 0.717) is 18.2 Å². The van der Waals surface area contributed by atoms with Crippen molar-refractivity contribution in [3.05, 3.63) is 64.2 Å². The summed E-state index contributed by atoms with van der Waals surface area (Å²) >= 11 is 6.27. The van der Waals surface area contributed by atoms with Gasteiger partial charge in [0.25, 0.3) is 0 Å². The molecule has 4 nitrogen and oxygen atoms in total. The normalized spacial score (nSPS) is 21.7. The zero-order chi connectivity index (χ0) is 18.1. The number of hydrogen-bond acceptors (Lipinski definition) is 2. The van der Waals surface area contributed by atoms with Crippen LogP contribution >= 0.6 is 11.6 Å². The number of benzene rings is 2. The van der Waals surface area contributed by atoms with E-state index >= 15 is 0 Å². The van der Waals surface area contributed by atoms with Crippen LogP contribution < -0.4 is 5.32 Å². The van der Waals surface area contributed by atoms with E-state index in [4.69, 9.17) is 16.3 Å². The molecule has 0 radical (unpaired) electrons. The topological polar surface area (TPSA) is 41.6 Å². The SMILES string of the molecule is CCc1ccc(NC(=O)N2CCCC3(C2)OCc2ccccc23)cc1Cl. The molecular formula is C21H23ClN2O2.